The molecule has 3 nitrogen and oxygen atoms in total. The normalized spacial score (nSPS) is 18.0. The lowest BCUT2D eigenvalue weighted by molar-refractivity contribution is 0.620. The second-order valence-corrected chi connectivity index (χ2v) is 6.24. The Labute approximate surface area is 132 Å². The van der Waals surface area contributed by atoms with Crippen LogP contribution in [-0.4, -0.2) is 24.6 Å². The fourth-order valence-corrected chi connectivity index (χ4v) is 2.85. The van der Waals surface area contributed by atoms with Crippen molar-refractivity contribution >= 4 is 27.4 Å². The van der Waals surface area contributed by atoms with Crippen molar-refractivity contribution in [3.05, 3.63) is 52.9 Å². The van der Waals surface area contributed by atoms with E-state index < -0.39 is 0 Å². The SMILES string of the molecule is Fc1ccc(N2CCC(CNc3ccc(Br)cn3)C2)cc1. The van der Waals surface area contributed by atoms with Crippen molar-refractivity contribution in [2.24, 2.45) is 5.92 Å². The van der Waals surface area contributed by atoms with Gasteiger partial charge in [0.15, 0.2) is 0 Å². The van der Waals surface area contributed by atoms with Gasteiger partial charge >= 0.3 is 0 Å². The first-order chi connectivity index (χ1) is 10.2. The fraction of sp³-hybridized carbons (Fsp3) is 0.312. The zero-order valence-electron chi connectivity index (χ0n) is 11.6. The molecule has 2 aromatic rings. The Morgan fingerprint density at radius 3 is 2.76 bits per heavy atom. The highest BCUT2D eigenvalue weighted by Crippen LogP contribution is 2.24. The Kier molecular flexibility index (Phi) is 4.39. The van der Waals surface area contributed by atoms with E-state index in [0.717, 1.165) is 42.0 Å². The molecule has 1 aliphatic rings. The number of hydrogen-bond donors (Lipinski definition) is 1. The molecule has 1 aromatic heterocycles. The van der Waals surface area contributed by atoms with E-state index in [2.05, 4.69) is 31.1 Å². The van der Waals surface area contributed by atoms with E-state index in [0.29, 0.717) is 5.92 Å². The summed E-state index contributed by atoms with van der Waals surface area (Å²) < 4.78 is 13.9. The van der Waals surface area contributed by atoms with Crippen LogP contribution in [0.1, 0.15) is 6.42 Å². The van der Waals surface area contributed by atoms with Gasteiger partial charge < -0.3 is 10.2 Å². The van der Waals surface area contributed by atoms with E-state index in [1.54, 1.807) is 6.20 Å². The molecule has 0 spiro atoms. The van der Waals surface area contributed by atoms with Crippen LogP contribution in [0.15, 0.2) is 47.1 Å². The lowest BCUT2D eigenvalue weighted by atomic mass is 10.1. The molecule has 1 atom stereocenters. The molecule has 5 heteroatoms. The molecule has 0 radical (unpaired) electrons. The van der Waals surface area contributed by atoms with Gasteiger partial charge in [0.1, 0.15) is 11.6 Å². The van der Waals surface area contributed by atoms with Gasteiger partial charge in [0.05, 0.1) is 0 Å². The first kappa shape index (κ1) is 14.3. The second kappa shape index (κ2) is 6.43. The Balaban J connectivity index is 1.52. The number of rotatable bonds is 4. The number of halogens is 2. The van der Waals surface area contributed by atoms with E-state index >= 15 is 0 Å². The van der Waals surface area contributed by atoms with Gasteiger partial charge in [-0.15, -0.1) is 0 Å². The highest BCUT2D eigenvalue weighted by atomic mass is 79.9. The molecule has 1 aliphatic heterocycles. The average Bonchev–Trinajstić information content (AvgIpc) is 2.96. The lowest BCUT2D eigenvalue weighted by Crippen LogP contribution is -2.22. The number of aromatic nitrogens is 1. The molecule has 1 aromatic carbocycles. The average molecular weight is 350 g/mol. The van der Waals surface area contributed by atoms with Crippen LogP contribution >= 0.6 is 15.9 Å². The van der Waals surface area contributed by atoms with Crippen molar-refractivity contribution in [1.29, 1.82) is 0 Å². The number of nitrogens with zero attached hydrogens (tertiary/aromatic N) is 2. The van der Waals surface area contributed by atoms with E-state index in [-0.39, 0.29) is 5.82 Å². The molecule has 0 bridgehead atoms. The molecule has 0 aliphatic carbocycles. The topological polar surface area (TPSA) is 28.2 Å². The Hall–Kier alpha value is -1.62. The Bertz CT molecular complexity index is 585. The zero-order chi connectivity index (χ0) is 14.7. The standard InChI is InChI=1S/C16H17BrFN3/c17-13-1-6-16(20-10-13)19-9-12-7-8-21(11-12)15-4-2-14(18)3-5-15/h1-6,10,12H,7-9,11H2,(H,19,20). The van der Waals surface area contributed by atoms with Crippen LogP contribution in [0.4, 0.5) is 15.9 Å². The molecule has 0 saturated carbocycles. The Morgan fingerprint density at radius 1 is 1.24 bits per heavy atom. The van der Waals surface area contributed by atoms with Gasteiger partial charge in [-0.3, -0.25) is 0 Å². The van der Waals surface area contributed by atoms with E-state index in [1.165, 1.54) is 12.1 Å². The third kappa shape index (κ3) is 3.73. The molecular formula is C16H17BrFN3. The monoisotopic (exact) mass is 349 g/mol. The van der Waals surface area contributed by atoms with E-state index in [4.69, 9.17) is 0 Å². The predicted octanol–water partition coefficient (Wildman–Crippen LogP) is 3.92. The minimum absolute atomic E-state index is 0.183. The highest BCUT2D eigenvalue weighted by Gasteiger charge is 2.22. The molecular weight excluding hydrogens is 333 g/mol. The predicted molar refractivity (Wildman–Crippen MR) is 87.1 cm³/mol. The third-order valence-corrected chi connectivity index (χ3v) is 4.25. The molecule has 1 unspecified atom stereocenters. The minimum atomic E-state index is -0.183. The van der Waals surface area contributed by atoms with Crippen molar-refractivity contribution < 1.29 is 4.39 Å². The first-order valence-corrected chi connectivity index (χ1v) is 7.86. The summed E-state index contributed by atoms with van der Waals surface area (Å²) >= 11 is 3.38. The van der Waals surface area contributed by atoms with Gasteiger partial charge in [0, 0.05) is 36.0 Å². The largest absolute Gasteiger partial charge is 0.371 e. The maximum atomic E-state index is 12.9. The summed E-state index contributed by atoms with van der Waals surface area (Å²) in [5.74, 6) is 1.30. The van der Waals surface area contributed by atoms with Gasteiger partial charge in [-0.05, 0) is 64.7 Å². The molecule has 110 valence electrons. The summed E-state index contributed by atoms with van der Waals surface area (Å²) in [7, 11) is 0. The van der Waals surface area contributed by atoms with Crippen LogP contribution in [0.5, 0.6) is 0 Å². The maximum Gasteiger partial charge on any atom is 0.125 e. The fourth-order valence-electron chi connectivity index (χ4n) is 2.61. The van der Waals surface area contributed by atoms with Crippen LogP contribution in [0.3, 0.4) is 0 Å². The van der Waals surface area contributed by atoms with Crippen molar-refractivity contribution in [2.45, 2.75) is 6.42 Å². The van der Waals surface area contributed by atoms with Crippen LogP contribution in [0, 0.1) is 11.7 Å². The van der Waals surface area contributed by atoms with Crippen LogP contribution in [0.2, 0.25) is 0 Å². The lowest BCUT2D eigenvalue weighted by Gasteiger charge is -2.19. The number of benzene rings is 1. The smallest absolute Gasteiger partial charge is 0.125 e. The molecule has 1 fully saturated rings. The van der Waals surface area contributed by atoms with Gasteiger partial charge in [0.25, 0.3) is 0 Å². The first-order valence-electron chi connectivity index (χ1n) is 7.06. The summed E-state index contributed by atoms with van der Waals surface area (Å²) in [6, 6.07) is 10.7. The van der Waals surface area contributed by atoms with E-state index in [1.807, 2.05) is 24.3 Å². The van der Waals surface area contributed by atoms with Crippen molar-refractivity contribution in [3.63, 3.8) is 0 Å². The minimum Gasteiger partial charge on any atom is -0.371 e. The van der Waals surface area contributed by atoms with Gasteiger partial charge in [-0.1, -0.05) is 0 Å². The highest BCUT2D eigenvalue weighted by molar-refractivity contribution is 9.10. The van der Waals surface area contributed by atoms with Crippen molar-refractivity contribution in [2.75, 3.05) is 29.9 Å². The summed E-state index contributed by atoms with van der Waals surface area (Å²) in [5.41, 5.74) is 1.10. The second-order valence-electron chi connectivity index (χ2n) is 5.32. The molecule has 0 amide bonds. The van der Waals surface area contributed by atoms with Gasteiger partial charge in [0.2, 0.25) is 0 Å². The summed E-state index contributed by atoms with van der Waals surface area (Å²) in [5, 5.41) is 3.38. The molecule has 21 heavy (non-hydrogen) atoms. The van der Waals surface area contributed by atoms with Crippen LogP contribution in [0.25, 0.3) is 0 Å². The summed E-state index contributed by atoms with van der Waals surface area (Å²) in [6.45, 7) is 2.92. The quantitative estimate of drug-likeness (QED) is 0.906. The molecule has 1 saturated heterocycles. The number of nitrogens with one attached hydrogen (secondary N) is 1. The molecule has 1 N–H and O–H groups in total. The van der Waals surface area contributed by atoms with Crippen LogP contribution < -0.4 is 10.2 Å². The number of pyridine rings is 1. The zero-order valence-corrected chi connectivity index (χ0v) is 13.2. The van der Waals surface area contributed by atoms with Crippen molar-refractivity contribution in [1.82, 2.24) is 4.98 Å². The molecule has 2 heterocycles. The van der Waals surface area contributed by atoms with Gasteiger partial charge in [-0.2, -0.15) is 0 Å². The Morgan fingerprint density at radius 2 is 2.05 bits per heavy atom. The maximum absolute atomic E-state index is 12.9. The number of anilines is 2. The van der Waals surface area contributed by atoms with E-state index in [9.17, 15) is 4.39 Å². The third-order valence-electron chi connectivity index (χ3n) is 3.78. The summed E-state index contributed by atoms with van der Waals surface area (Å²) in [4.78, 5) is 6.62. The molecule has 3 rings (SSSR count). The van der Waals surface area contributed by atoms with Gasteiger partial charge in [-0.25, -0.2) is 9.37 Å². The summed E-state index contributed by atoms with van der Waals surface area (Å²) in [6.07, 6.45) is 2.93. The van der Waals surface area contributed by atoms with Crippen molar-refractivity contribution in [3.8, 4) is 0 Å². The van der Waals surface area contributed by atoms with Crippen LogP contribution in [-0.2, 0) is 0 Å². The number of hydrogen-bond acceptors (Lipinski definition) is 3.